The zero-order valence-electron chi connectivity index (χ0n) is 12.6. The third kappa shape index (κ3) is 3.42. The molecular formula is C15H18N4O3S. The van der Waals surface area contributed by atoms with Crippen LogP contribution >= 0.6 is 11.3 Å². The van der Waals surface area contributed by atoms with Crippen LogP contribution in [0.4, 0.5) is 0 Å². The lowest BCUT2D eigenvalue weighted by molar-refractivity contribution is -0.145. The largest absolute Gasteiger partial charge is 0.480 e. The molecule has 8 heteroatoms. The first-order chi connectivity index (χ1) is 11.1. The summed E-state index contributed by atoms with van der Waals surface area (Å²) in [7, 11) is 0. The number of carbonyl (C=O) groups excluding carboxylic acids is 1. The minimum absolute atomic E-state index is 0.146. The Morgan fingerprint density at radius 2 is 2.13 bits per heavy atom. The van der Waals surface area contributed by atoms with Crippen molar-refractivity contribution < 1.29 is 14.7 Å². The highest BCUT2D eigenvalue weighted by Gasteiger charge is 2.41. The fraction of sp³-hybridized carbons (Fsp3) is 0.467. The van der Waals surface area contributed by atoms with Gasteiger partial charge in [-0.25, -0.2) is 9.48 Å². The van der Waals surface area contributed by atoms with Gasteiger partial charge in [0.2, 0.25) is 0 Å². The molecule has 7 nitrogen and oxygen atoms in total. The number of aliphatic carboxylic acids is 1. The lowest BCUT2D eigenvalue weighted by atomic mass is 9.81. The second-order valence-electron chi connectivity index (χ2n) is 5.78. The molecule has 0 radical (unpaired) electrons. The van der Waals surface area contributed by atoms with E-state index in [1.54, 1.807) is 22.2 Å². The van der Waals surface area contributed by atoms with Crippen LogP contribution in [0.15, 0.2) is 23.7 Å². The normalized spacial score (nSPS) is 16.9. The minimum atomic E-state index is -1.17. The van der Waals surface area contributed by atoms with Crippen LogP contribution in [0.3, 0.4) is 0 Å². The van der Waals surface area contributed by atoms with Gasteiger partial charge in [-0.2, -0.15) is 0 Å². The molecule has 2 N–H and O–H groups in total. The van der Waals surface area contributed by atoms with Gasteiger partial charge < -0.3 is 10.4 Å². The number of carboxylic acid groups (broad SMARTS) is 1. The number of nitrogens with zero attached hydrogens (tertiary/aromatic N) is 3. The highest BCUT2D eigenvalue weighted by Crippen LogP contribution is 2.28. The number of aromatic nitrogens is 3. The van der Waals surface area contributed by atoms with Gasteiger partial charge in [0, 0.05) is 4.88 Å². The van der Waals surface area contributed by atoms with Crippen LogP contribution in [0.25, 0.3) is 0 Å². The van der Waals surface area contributed by atoms with Crippen molar-refractivity contribution in [3.05, 3.63) is 34.3 Å². The van der Waals surface area contributed by atoms with E-state index in [0.717, 1.165) is 24.1 Å². The molecule has 0 atom stereocenters. The van der Waals surface area contributed by atoms with Crippen molar-refractivity contribution in [3.63, 3.8) is 0 Å². The molecule has 2 heterocycles. The van der Waals surface area contributed by atoms with E-state index in [2.05, 4.69) is 15.6 Å². The second-order valence-corrected chi connectivity index (χ2v) is 6.82. The smallest absolute Gasteiger partial charge is 0.329 e. The zero-order chi connectivity index (χ0) is 16.3. The molecule has 2 aromatic rings. The van der Waals surface area contributed by atoms with Crippen LogP contribution in [0, 0.1) is 0 Å². The molecule has 0 aromatic carbocycles. The Morgan fingerprint density at radius 3 is 2.78 bits per heavy atom. The minimum Gasteiger partial charge on any atom is -0.480 e. The first-order valence-electron chi connectivity index (χ1n) is 7.57. The van der Waals surface area contributed by atoms with Crippen molar-refractivity contribution in [2.24, 2.45) is 0 Å². The molecule has 1 aliphatic carbocycles. The van der Waals surface area contributed by atoms with Gasteiger partial charge in [0.15, 0.2) is 5.69 Å². The predicted molar refractivity (Wildman–Crippen MR) is 84.4 cm³/mol. The summed E-state index contributed by atoms with van der Waals surface area (Å²) in [6.07, 6.45) is 5.07. The molecule has 1 fully saturated rings. The average Bonchev–Trinajstić information content (AvgIpc) is 3.20. The number of amides is 1. The van der Waals surface area contributed by atoms with Gasteiger partial charge in [0.1, 0.15) is 5.54 Å². The van der Waals surface area contributed by atoms with Crippen LogP contribution in [0.1, 0.15) is 47.5 Å². The SMILES string of the molecule is O=C(NC1(C(=O)O)CCCCC1)c1cn(Cc2cccs2)nn1. The van der Waals surface area contributed by atoms with Crippen molar-refractivity contribution >= 4 is 23.2 Å². The maximum absolute atomic E-state index is 12.4. The number of rotatable bonds is 5. The number of carboxylic acids is 1. The van der Waals surface area contributed by atoms with Crippen LogP contribution in [-0.2, 0) is 11.3 Å². The molecular weight excluding hydrogens is 316 g/mol. The monoisotopic (exact) mass is 334 g/mol. The van der Waals surface area contributed by atoms with Gasteiger partial charge in [0.25, 0.3) is 5.91 Å². The van der Waals surface area contributed by atoms with Crippen molar-refractivity contribution in [2.45, 2.75) is 44.2 Å². The summed E-state index contributed by atoms with van der Waals surface area (Å²) in [4.78, 5) is 25.1. The summed E-state index contributed by atoms with van der Waals surface area (Å²) < 4.78 is 1.58. The maximum Gasteiger partial charge on any atom is 0.329 e. The molecule has 23 heavy (non-hydrogen) atoms. The molecule has 122 valence electrons. The van der Waals surface area contributed by atoms with Gasteiger partial charge in [-0.1, -0.05) is 30.5 Å². The van der Waals surface area contributed by atoms with Gasteiger partial charge in [-0.3, -0.25) is 4.79 Å². The van der Waals surface area contributed by atoms with E-state index in [9.17, 15) is 14.7 Å². The van der Waals surface area contributed by atoms with E-state index in [-0.39, 0.29) is 5.69 Å². The summed E-state index contributed by atoms with van der Waals surface area (Å²) in [5.74, 6) is -1.46. The maximum atomic E-state index is 12.4. The van der Waals surface area contributed by atoms with Crippen molar-refractivity contribution in [3.8, 4) is 0 Å². The lowest BCUT2D eigenvalue weighted by Gasteiger charge is -2.33. The summed E-state index contributed by atoms with van der Waals surface area (Å²) in [5, 5.41) is 21.9. The van der Waals surface area contributed by atoms with E-state index in [1.807, 2.05) is 17.5 Å². The number of hydrogen-bond donors (Lipinski definition) is 2. The Labute approximate surface area is 137 Å². The molecule has 1 aliphatic rings. The van der Waals surface area contributed by atoms with Gasteiger partial charge in [0.05, 0.1) is 12.7 Å². The standard InChI is InChI=1S/C15H18N4O3S/c20-13(16-15(14(21)22)6-2-1-3-7-15)12-10-19(18-17-12)9-11-5-4-8-23-11/h4-5,8,10H,1-3,6-7,9H2,(H,16,20)(H,21,22). The first kappa shape index (κ1) is 15.7. The Hall–Kier alpha value is -2.22. The molecule has 0 aliphatic heterocycles. The highest BCUT2D eigenvalue weighted by atomic mass is 32.1. The van der Waals surface area contributed by atoms with Crippen molar-refractivity contribution in [2.75, 3.05) is 0 Å². The third-order valence-corrected chi connectivity index (χ3v) is 5.00. The molecule has 0 unspecified atom stereocenters. The van der Waals surface area contributed by atoms with E-state index in [4.69, 9.17) is 0 Å². The van der Waals surface area contributed by atoms with Gasteiger partial charge in [-0.15, -0.1) is 16.4 Å². The van der Waals surface area contributed by atoms with E-state index in [1.165, 1.54) is 0 Å². The lowest BCUT2D eigenvalue weighted by Crippen LogP contribution is -2.55. The molecule has 0 spiro atoms. The number of hydrogen-bond acceptors (Lipinski definition) is 5. The Bertz CT molecular complexity index is 689. The molecule has 0 saturated heterocycles. The summed E-state index contributed by atoms with van der Waals surface area (Å²) in [6.45, 7) is 0.544. The molecule has 2 aromatic heterocycles. The third-order valence-electron chi connectivity index (χ3n) is 4.14. The fourth-order valence-corrected chi connectivity index (χ4v) is 3.57. The summed E-state index contributed by atoms with van der Waals surface area (Å²) in [5.41, 5.74) is -1.03. The van der Waals surface area contributed by atoms with E-state index >= 15 is 0 Å². The van der Waals surface area contributed by atoms with Crippen LogP contribution < -0.4 is 5.32 Å². The predicted octanol–water partition coefficient (Wildman–Crippen LogP) is 1.91. The Kier molecular flexibility index (Phi) is 4.42. The number of thiophene rings is 1. The number of carbonyl (C=O) groups is 2. The van der Waals surface area contributed by atoms with Crippen molar-refractivity contribution in [1.29, 1.82) is 0 Å². The van der Waals surface area contributed by atoms with Crippen LogP contribution in [-0.4, -0.2) is 37.5 Å². The van der Waals surface area contributed by atoms with E-state index in [0.29, 0.717) is 19.4 Å². The Morgan fingerprint density at radius 1 is 1.35 bits per heavy atom. The molecule has 3 rings (SSSR count). The topological polar surface area (TPSA) is 97.1 Å². The van der Waals surface area contributed by atoms with Crippen molar-refractivity contribution in [1.82, 2.24) is 20.3 Å². The average molecular weight is 334 g/mol. The second kappa shape index (κ2) is 6.49. The molecule has 1 amide bonds. The molecule has 0 bridgehead atoms. The zero-order valence-corrected chi connectivity index (χ0v) is 13.4. The summed E-state index contributed by atoms with van der Waals surface area (Å²) in [6, 6.07) is 3.93. The first-order valence-corrected chi connectivity index (χ1v) is 8.45. The van der Waals surface area contributed by atoms with Gasteiger partial charge in [-0.05, 0) is 24.3 Å². The highest BCUT2D eigenvalue weighted by molar-refractivity contribution is 7.09. The van der Waals surface area contributed by atoms with Crippen LogP contribution in [0.5, 0.6) is 0 Å². The van der Waals surface area contributed by atoms with Gasteiger partial charge >= 0.3 is 5.97 Å². The van der Waals surface area contributed by atoms with E-state index < -0.39 is 17.4 Å². The fourth-order valence-electron chi connectivity index (χ4n) is 2.87. The summed E-state index contributed by atoms with van der Waals surface area (Å²) >= 11 is 1.60. The molecule has 1 saturated carbocycles. The number of nitrogens with one attached hydrogen (secondary N) is 1. The van der Waals surface area contributed by atoms with Crippen LogP contribution in [0.2, 0.25) is 0 Å². The quantitative estimate of drug-likeness (QED) is 0.870. The Balaban J connectivity index is 1.70.